The van der Waals surface area contributed by atoms with E-state index in [2.05, 4.69) is 10.2 Å². The molecule has 1 aliphatic rings. The first-order valence-electron chi connectivity index (χ1n) is 6.78. The molecule has 1 aromatic carbocycles. The number of methoxy groups -OCH3 is 1. The normalized spacial score (nSPS) is 27.5. The van der Waals surface area contributed by atoms with E-state index in [9.17, 15) is 5.11 Å². The van der Waals surface area contributed by atoms with Gasteiger partial charge in [0.25, 0.3) is 0 Å². The molecule has 2 N–H and O–H groups in total. The highest BCUT2D eigenvalue weighted by Gasteiger charge is 2.40. The zero-order chi connectivity index (χ0) is 13.9. The van der Waals surface area contributed by atoms with Crippen molar-refractivity contribution in [1.29, 1.82) is 0 Å². The number of aliphatic hydroxyl groups is 1. The van der Waals surface area contributed by atoms with Gasteiger partial charge in [-0.15, -0.1) is 0 Å². The van der Waals surface area contributed by atoms with Gasteiger partial charge in [0, 0.05) is 19.0 Å². The van der Waals surface area contributed by atoms with Crippen LogP contribution in [0.2, 0.25) is 0 Å². The van der Waals surface area contributed by atoms with E-state index < -0.39 is 5.60 Å². The summed E-state index contributed by atoms with van der Waals surface area (Å²) in [4.78, 5) is 2.13. The van der Waals surface area contributed by atoms with Crippen molar-refractivity contribution in [2.75, 3.05) is 40.8 Å². The van der Waals surface area contributed by atoms with Crippen LogP contribution in [0.4, 0.5) is 0 Å². The summed E-state index contributed by atoms with van der Waals surface area (Å²) in [7, 11) is 5.74. The van der Waals surface area contributed by atoms with E-state index in [0.29, 0.717) is 0 Å². The average molecular weight is 264 g/mol. The Balaban J connectivity index is 2.30. The van der Waals surface area contributed by atoms with Crippen molar-refractivity contribution < 1.29 is 9.84 Å². The molecule has 0 saturated carbocycles. The molecule has 1 aliphatic heterocycles. The Hall–Kier alpha value is -1.10. The van der Waals surface area contributed by atoms with Gasteiger partial charge in [-0.2, -0.15) is 0 Å². The molecular formula is C15H24N2O2. The van der Waals surface area contributed by atoms with E-state index in [1.165, 1.54) is 0 Å². The number of piperidine rings is 1. The van der Waals surface area contributed by atoms with Crippen molar-refractivity contribution in [3.8, 4) is 5.75 Å². The molecule has 0 radical (unpaired) electrons. The third-order valence-corrected chi connectivity index (χ3v) is 3.90. The fourth-order valence-electron chi connectivity index (χ4n) is 2.86. The summed E-state index contributed by atoms with van der Waals surface area (Å²) in [6.45, 7) is 2.55. The lowest BCUT2D eigenvalue weighted by molar-refractivity contribution is -0.0541. The van der Waals surface area contributed by atoms with Crippen LogP contribution in [0, 0.1) is 5.92 Å². The van der Waals surface area contributed by atoms with Crippen LogP contribution in [-0.4, -0.2) is 50.8 Å². The van der Waals surface area contributed by atoms with Crippen molar-refractivity contribution in [1.82, 2.24) is 10.2 Å². The molecule has 0 amide bonds. The molecule has 0 bridgehead atoms. The van der Waals surface area contributed by atoms with Crippen LogP contribution >= 0.6 is 0 Å². The molecule has 2 atom stereocenters. The molecule has 1 aromatic rings. The lowest BCUT2D eigenvalue weighted by atomic mass is 9.76. The van der Waals surface area contributed by atoms with Gasteiger partial charge in [0.1, 0.15) is 5.75 Å². The molecule has 0 aliphatic carbocycles. The lowest BCUT2D eigenvalue weighted by Crippen LogP contribution is -2.51. The number of nitrogens with one attached hydrogen (secondary N) is 1. The number of nitrogens with zero attached hydrogens (tertiary/aromatic N) is 1. The molecule has 4 heteroatoms. The molecule has 1 fully saturated rings. The van der Waals surface area contributed by atoms with Gasteiger partial charge in [-0.25, -0.2) is 0 Å². The topological polar surface area (TPSA) is 44.7 Å². The minimum atomic E-state index is -0.774. The minimum Gasteiger partial charge on any atom is -0.497 e. The summed E-state index contributed by atoms with van der Waals surface area (Å²) >= 11 is 0. The van der Waals surface area contributed by atoms with Gasteiger partial charge in [-0.1, -0.05) is 12.1 Å². The molecule has 106 valence electrons. The quantitative estimate of drug-likeness (QED) is 0.853. The van der Waals surface area contributed by atoms with Gasteiger partial charge in [0.15, 0.2) is 0 Å². The van der Waals surface area contributed by atoms with Crippen LogP contribution in [0.1, 0.15) is 12.0 Å². The van der Waals surface area contributed by atoms with Crippen molar-refractivity contribution in [2.45, 2.75) is 12.0 Å². The summed E-state index contributed by atoms with van der Waals surface area (Å²) in [6, 6.07) is 7.81. The van der Waals surface area contributed by atoms with Gasteiger partial charge < -0.3 is 20.1 Å². The lowest BCUT2D eigenvalue weighted by Gasteiger charge is -2.42. The first kappa shape index (κ1) is 14.3. The van der Waals surface area contributed by atoms with Gasteiger partial charge in [0.2, 0.25) is 0 Å². The zero-order valence-corrected chi connectivity index (χ0v) is 12.0. The Kier molecular flexibility index (Phi) is 4.45. The second-order valence-corrected chi connectivity index (χ2v) is 5.57. The average Bonchev–Trinajstić information content (AvgIpc) is 2.41. The Labute approximate surface area is 115 Å². The summed E-state index contributed by atoms with van der Waals surface area (Å²) in [5.41, 5.74) is 0.185. The molecular weight excluding hydrogens is 240 g/mol. The third kappa shape index (κ3) is 3.08. The second-order valence-electron chi connectivity index (χ2n) is 5.57. The summed E-state index contributed by atoms with van der Waals surface area (Å²) in [5.74, 6) is 0.983. The van der Waals surface area contributed by atoms with Crippen LogP contribution in [0.25, 0.3) is 0 Å². The molecule has 1 saturated heterocycles. The van der Waals surface area contributed by atoms with Crippen LogP contribution in [0.5, 0.6) is 5.75 Å². The second kappa shape index (κ2) is 5.90. The predicted molar refractivity (Wildman–Crippen MR) is 76.4 cm³/mol. The predicted octanol–water partition coefficient (Wildman–Crippen LogP) is 1.05. The van der Waals surface area contributed by atoms with E-state index in [0.717, 1.165) is 37.4 Å². The maximum atomic E-state index is 11.1. The fourth-order valence-corrected chi connectivity index (χ4v) is 2.86. The van der Waals surface area contributed by atoms with E-state index in [1.54, 1.807) is 7.11 Å². The standard InChI is InChI=1S/C15H24N2O2/c1-17(2)11-13-10-16-8-7-15(13,18)12-5-4-6-14(9-12)19-3/h4-6,9,13,16,18H,7-8,10-11H2,1-3H3/t13-,15+/m1/s1. The first-order valence-corrected chi connectivity index (χ1v) is 6.78. The third-order valence-electron chi connectivity index (χ3n) is 3.90. The van der Waals surface area contributed by atoms with Gasteiger partial charge in [-0.3, -0.25) is 0 Å². The Morgan fingerprint density at radius 3 is 2.95 bits per heavy atom. The zero-order valence-electron chi connectivity index (χ0n) is 12.0. The van der Waals surface area contributed by atoms with E-state index in [1.807, 2.05) is 38.4 Å². The highest BCUT2D eigenvalue weighted by molar-refractivity contribution is 5.33. The van der Waals surface area contributed by atoms with Crippen LogP contribution in [0.15, 0.2) is 24.3 Å². The van der Waals surface area contributed by atoms with Crippen molar-refractivity contribution in [2.24, 2.45) is 5.92 Å². The number of hydrogen-bond donors (Lipinski definition) is 2. The van der Waals surface area contributed by atoms with Gasteiger partial charge in [0.05, 0.1) is 12.7 Å². The summed E-state index contributed by atoms with van der Waals surface area (Å²) < 4.78 is 5.27. The Morgan fingerprint density at radius 1 is 1.47 bits per heavy atom. The maximum Gasteiger partial charge on any atom is 0.119 e. The van der Waals surface area contributed by atoms with Crippen molar-refractivity contribution in [3.05, 3.63) is 29.8 Å². The van der Waals surface area contributed by atoms with Crippen molar-refractivity contribution in [3.63, 3.8) is 0 Å². The number of ether oxygens (including phenoxy) is 1. The minimum absolute atomic E-state index is 0.184. The molecule has 4 nitrogen and oxygen atoms in total. The highest BCUT2D eigenvalue weighted by Crippen LogP contribution is 2.36. The van der Waals surface area contributed by atoms with Crippen LogP contribution < -0.4 is 10.1 Å². The van der Waals surface area contributed by atoms with E-state index in [4.69, 9.17) is 4.74 Å². The summed E-state index contributed by atoms with van der Waals surface area (Å²) in [5, 5.41) is 14.5. The Bertz CT molecular complexity index is 422. The number of hydrogen-bond acceptors (Lipinski definition) is 4. The fraction of sp³-hybridized carbons (Fsp3) is 0.600. The maximum absolute atomic E-state index is 11.1. The molecule has 0 spiro atoms. The molecule has 19 heavy (non-hydrogen) atoms. The molecule has 0 unspecified atom stereocenters. The first-order chi connectivity index (χ1) is 9.06. The van der Waals surface area contributed by atoms with Crippen LogP contribution in [0.3, 0.4) is 0 Å². The van der Waals surface area contributed by atoms with E-state index in [-0.39, 0.29) is 5.92 Å². The van der Waals surface area contributed by atoms with Crippen molar-refractivity contribution >= 4 is 0 Å². The smallest absolute Gasteiger partial charge is 0.119 e. The van der Waals surface area contributed by atoms with Crippen LogP contribution in [-0.2, 0) is 5.60 Å². The largest absolute Gasteiger partial charge is 0.497 e. The molecule has 2 rings (SSSR count). The van der Waals surface area contributed by atoms with Gasteiger partial charge >= 0.3 is 0 Å². The summed E-state index contributed by atoms with van der Waals surface area (Å²) in [6.07, 6.45) is 0.735. The Morgan fingerprint density at radius 2 is 2.26 bits per heavy atom. The molecule has 1 heterocycles. The highest BCUT2D eigenvalue weighted by atomic mass is 16.5. The number of benzene rings is 1. The monoisotopic (exact) mass is 264 g/mol. The molecule has 0 aromatic heterocycles. The SMILES string of the molecule is COc1cccc([C@@]2(O)CCNC[C@@H]2CN(C)C)c1. The van der Waals surface area contributed by atoms with E-state index >= 15 is 0 Å². The number of rotatable bonds is 4. The van der Waals surface area contributed by atoms with Gasteiger partial charge in [-0.05, 0) is 44.8 Å².